The predicted molar refractivity (Wildman–Crippen MR) is 147 cm³/mol. The second kappa shape index (κ2) is 12.1. The molecule has 0 spiro atoms. The fraction of sp³-hybridized carbons (Fsp3) is 0.0741. The number of methoxy groups -OCH3 is 1. The molecule has 0 aliphatic heterocycles. The van der Waals surface area contributed by atoms with Gasteiger partial charge in [0.2, 0.25) is 0 Å². The molecule has 4 aromatic rings. The summed E-state index contributed by atoms with van der Waals surface area (Å²) in [6, 6.07) is 24.3. The minimum absolute atomic E-state index is 0.0197. The van der Waals surface area contributed by atoms with E-state index in [1.54, 1.807) is 54.6 Å². The van der Waals surface area contributed by atoms with Crippen molar-refractivity contribution in [2.75, 3.05) is 23.8 Å². The van der Waals surface area contributed by atoms with Gasteiger partial charge in [-0.1, -0.05) is 41.4 Å². The maximum atomic E-state index is 12.8. The summed E-state index contributed by atoms with van der Waals surface area (Å²) in [6.45, 7) is -0.396. The molecule has 4 rings (SSSR count). The monoisotopic (exact) mass is 572 g/mol. The molecule has 2 N–H and O–H groups in total. The lowest BCUT2D eigenvalue weighted by Crippen LogP contribution is -2.20. The fourth-order valence-electron chi connectivity index (χ4n) is 3.27. The molecule has 0 heterocycles. The Morgan fingerprint density at radius 1 is 0.842 bits per heavy atom. The summed E-state index contributed by atoms with van der Waals surface area (Å²) < 4.78 is 44.4. The Morgan fingerprint density at radius 3 is 2.24 bits per heavy atom. The number of benzene rings is 4. The average Bonchev–Trinajstić information content (AvgIpc) is 2.90. The molecular formula is C27H22Cl2N2O6S. The minimum atomic E-state index is -3.92. The van der Waals surface area contributed by atoms with Crippen molar-refractivity contribution < 1.29 is 27.4 Å². The van der Waals surface area contributed by atoms with Crippen molar-refractivity contribution in [1.82, 2.24) is 0 Å². The van der Waals surface area contributed by atoms with Gasteiger partial charge in [-0.05, 0) is 72.8 Å². The molecule has 4 aromatic carbocycles. The first-order valence-electron chi connectivity index (χ1n) is 11.1. The molecule has 1 amide bonds. The first kappa shape index (κ1) is 27.1. The molecule has 0 radical (unpaired) electrons. The molecule has 0 aromatic heterocycles. The standard InChI is InChI=1S/C27H22Cl2N2O6S/c1-35-20-10-8-19(9-11-20)31-38(33,34)22-12-14-25(23(29)16-22)36-17-27(32)30-24-15-18(28)7-13-26(24)37-21-5-3-2-4-6-21/h2-16,31H,17H2,1H3,(H,30,32). The van der Waals surface area contributed by atoms with Gasteiger partial charge in [-0.15, -0.1) is 0 Å². The Bertz CT molecular complexity index is 1530. The molecular weight excluding hydrogens is 551 g/mol. The lowest BCUT2D eigenvalue weighted by atomic mass is 10.2. The van der Waals surface area contributed by atoms with Gasteiger partial charge in [-0.2, -0.15) is 0 Å². The Balaban J connectivity index is 1.40. The number of hydrogen-bond acceptors (Lipinski definition) is 6. The summed E-state index contributed by atoms with van der Waals surface area (Å²) >= 11 is 12.4. The molecule has 0 unspecified atom stereocenters. The third-order valence-electron chi connectivity index (χ3n) is 5.10. The summed E-state index contributed by atoms with van der Waals surface area (Å²) in [5.74, 6) is 1.21. The number of sulfonamides is 1. The molecule has 0 atom stereocenters. The Hall–Kier alpha value is -3.92. The zero-order valence-corrected chi connectivity index (χ0v) is 22.3. The minimum Gasteiger partial charge on any atom is -0.497 e. The van der Waals surface area contributed by atoms with Crippen LogP contribution in [0, 0.1) is 0 Å². The number of anilines is 2. The Labute approximate surface area is 230 Å². The van der Waals surface area contributed by atoms with Crippen molar-refractivity contribution in [1.29, 1.82) is 0 Å². The van der Waals surface area contributed by atoms with E-state index in [0.29, 0.717) is 33.6 Å². The Morgan fingerprint density at radius 2 is 1.55 bits per heavy atom. The van der Waals surface area contributed by atoms with Crippen molar-refractivity contribution in [2.24, 2.45) is 0 Å². The number of carbonyl (C=O) groups is 1. The first-order chi connectivity index (χ1) is 18.2. The summed E-state index contributed by atoms with van der Waals surface area (Å²) in [5.41, 5.74) is 0.711. The molecule has 0 aliphatic carbocycles. The van der Waals surface area contributed by atoms with Crippen LogP contribution in [0.1, 0.15) is 0 Å². The summed E-state index contributed by atoms with van der Waals surface area (Å²) in [6.07, 6.45) is 0. The number of halogens is 2. The van der Waals surface area contributed by atoms with Crippen molar-refractivity contribution >= 4 is 50.5 Å². The smallest absolute Gasteiger partial charge is 0.262 e. The number of carbonyl (C=O) groups excluding carboxylic acids is 1. The van der Waals surface area contributed by atoms with Gasteiger partial charge in [-0.25, -0.2) is 8.42 Å². The number of ether oxygens (including phenoxy) is 3. The van der Waals surface area contributed by atoms with Crippen LogP contribution in [-0.2, 0) is 14.8 Å². The van der Waals surface area contributed by atoms with Crippen molar-refractivity contribution in [2.45, 2.75) is 4.90 Å². The zero-order valence-electron chi connectivity index (χ0n) is 20.0. The highest BCUT2D eigenvalue weighted by Gasteiger charge is 2.17. The van der Waals surface area contributed by atoms with Crippen molar-refractivity contribution in [3.05, 3.63) is 101 Å². The van der Waals surface area contributed by atoms with Gasteiger partial charge in [0.25, 0.3) is 15.9 Å². The van der Waals surface area contributed by atoms with Gasteiger partial charge >= 0.3 is 0 Å². The van der Waals surface area contributed by atoms with Gasteiger partial charge in [-0.3, -0.25) is 9.52 Å². The molecule has 196 valence electrons. The fourth-order valence-corrected chi connectivity index (χ4v) is 4.83. The van der Waals surface area contributed by atoms with Crippen LogP contribution in [0.3, 0.4) is 0 Å². The molecule has 0 bridgehead atoms. The van der Waals surface area contributed by atoms with E-state index in [4.69, 9.17) is 37.4 Å². The van der Waals surface area contributed by atoms with Crippen LogP contribution >= 0.6 is 23.2 Å². The third kappa shape index (κ3) is 7.10. The number of amides is 1. The van der Waals surface area contributed by atoms with Gasteiger partial charge in [0.05, 0.1) is 22.7 Å². The summed E-state index contributed by atoms with van der Waals surface area (Å²) in [5, 5.41) is 3.13. The number of para-hydroxylation sites is 1. The van der Waals surface area contributed by atoms with E-state index in [2.05, 4.69) is 10.0 Å². The van der Waals surface area contributed by atoms with Crippen LogP contribution in [0.5, 0.6) is 23.0 Å². The van der Waals surface area contributed by atoms with Gasteiger partial charge < -0.3 is 19.5 Å². The number of rotatable bonds is 10. The molecule has 0 fully saturated rings. The quantitative estimate of drug-likeness (QED) is 0.221. The van der Waals surface area contributed by atoms with Crippen LogP contribution in [-0.4, -0.2) is 28.0 Å². The van der Waals surface area contributed by atoms with E-state index in [0.717, 1.165) is 0 Å². The van der Waals surface area contributed by atoms with E-state index in [1.807, 2.05) is 18.2 Å². The SMILES string of the molecule is COc1ccc(NS(=O)(=O)c2ccc(OCC(=O)Nc3cc(Cl)ccc3Oc3ccccc3)c(Cl)c2)cc1. The summed E-state index contributed by atoms with van der Waals surface area (Å²) in [7, 11) is -2.40. The molecule has 0 saturated carbocycles. The highest BCUT2D eigenvalue weighted by molar-refractivity contribution is 7.92. The van der Waals surface area contributed by atoms with E-state index in [1.165, 1.54) is 25.3 Å². The number of nitrogens with one attached hydrogen (secondary N) is 2. The number of hydrogen-bond donors (Lipinski definition) is 2. The van der Waals surface area contributed by atoms with Gasteiger partial charge in [0, 0.05) is 10.7 Å². The van der Waals surface area contributed by atoms with Crippen molar-refractivity contribution in [3.8, 4) is 23.0 Å². The van der Waals surface area contributed by atoms with Crippen molar-refractivity contribution in [3.63, 3.8) is 0 Å². The maximum Gasteiger partial charge on any atom is 0.262 e. The Kier molecular flexibility index (Phi) is 8.62. The first-order valence-corrected chi connectivity index (χ1v) is 13.4. The highest BCUT2D eigenvalue weighted by atomic mass is 35.5. The van der Waals surface area contributed by atoms with Gasteiger partial charge in [0.15, 0.2) is 12.4 Å². The van der Waals surface area contributed by atoms with Crippen LogP contribution in [0.15, 0.2) is 95.9 Å². The lowest BCUT2D eigenvalue weighted by molar-refractivity contribution is -0.118. The predicted octanol–water partition coefficient (Wildman–Crippen LogP) is 6.61. The topological polar surface area (TPSA) is 103 Å². The van der Waals surface area contributed by atoms with Crippen LogP contribution < -0.4 is 24.2 Å². The zero-order chi connectivity index (χ0) is 27.1. The molecule has 11 heteroatoms. The van der Waals surface area contributed by atoms with Crippen LogP contribution in [0.2, 0.25) is 10.0 Å². The average molecular weight is 573 g/mol. The highest BCUT2D eigenvalue weighted by Crippen LogP contribution is 2.32. The van der Waals surface area contributed by atoms with E-state index in [9.17, 15) is 13.2 Å². The largest absolute Gasteiger partial charge is 0.497 e. The van der Waals surface area contributed by atoms with E-state index in [-0.39, 0.29) is 15.7 Å². The third-order valence-corrected chi connectivity index (χ3v) is 7.01. The normalized spacial score (nSPS) is 10.9. The van der Waals surface area contributed by atoms with Gasteiger partial charge in [0.1, 0.15) is 17.2 Å². The molecule has 0 aliphatic rings. The lowest BCUT2D eigenvalue weighted by Gasteiger charge is -2.14. The van der Waals surface area contributed by atoms with E-state index >= 15 is 0 Å². The van der Waals surface area contributed by atoms with E-state index < -0.39 is 22.5 Å². The molecule has 38 heavy (non-hydrogen) atoms. The maximum absolute atomic E-state index is 12.8. The second-order valence-corrected chi connectivity index (χ2v) is 10.3. The molecule has 0 saturated heterocycles. The second-order valence-electron chi connectivity index (χ2n) is 7.82. The molecule has 8 nitrogen and oxygen atoms in total. The van der Waals surface area contributed by atoms with Crippen LogP contribution in [0.25, 0.3) is 0 Å². The summed E-state index contributed by atoms with van der Waals surface area (Å²) in [4.78, 5) is 12.5. The van der Waals surface area contributed by atoms with Crippen LogP contribution in [0.4, 0.5) is 11.4 Å².